The van der Waals surface area contributed by atoms with Gasteiger partial charge in [0.2, 0.25) is 5.95 Å². The summed E-state index contributed by atoms with van der Waals surface area (Å²) in [5.41, 5.74) is 5.90. The number of anilines is 1. The zero-order valence-corrected chi connectivity index (χ0v) is 7.08. The molecule has 0 aliphatic heterocycles. The summed E-state index contributed by atoms with van der Waals surface area (Å²) in [7, 11) is 1.79. The van der Waals surface area contributed by atoms with E-state index in [2.05, 4.69) is 15.1 Å². The van der Waals surface area contributed by atoms with E-state index in [9.17, 15) is 0 Å². The SMILES string of the molecule is Cn1cc2c(Cl)nc(N)nc2n1. The second kappa shape index (κ2) is 2.31. The zero-order valence-electron chi connectivity index (χ0n) is 6.32. The Morgan fingerprint density at radius 3 is 3.00 bits per heavy atom. The number of halogens is 1. The van der Waals surface area contributed by atoms with Crippen LogP contribution in [0.25, 0.3) is 11.0 Å². The molecule has 0 radical (unpaired) electrons. The summed E-state index contributed by atoms with van der Waals surface area (Å²) in [5.74, 6) is 0.145. The summed E-state index contributed by atoms with van der Waals surface area (Å²) in [4.78, 5) is 7.70. The van der Waals surface area contributed by atoms with Crippen LogP contribution in [0.5, 0.6) is 0 Å². The van der Waals surface area contributed by atoms with Gasteiger partial charge in [0.25, 0.3) is 0 Å². The van der Waals surface area contributed by atoms with E-state index in [1.807, 2.05) is 0 Å². The number of hydrogen-bond donors (Lipinski definition) is 1. The first kappa shape index (κ1) is 7.30. The predicted octanol–water partition coefficient (Wildman–Crippen LogP) is 0.599. The van der Waals surface area contributed by atoms with Crippen LogP contribution in [0.4, 0.5) is 5.95 Å². The summed E-state index contributed by atoms with van der Waals surface area (Å²) < 4.78 is 1.62. The summed E-state index contributed by atoms with van der Waals surface area (Å²) in [6.07, 6.45) is 1.75. The summed E-state index contributed by atoms with van der Waals surface area (Å²) in [6, 6.07) is 0. The molecule has 0 fully saturated rings. The van der Waals surface area contributed by atoms with Crippen LogP contribution in [0.2, 0.25) is 5.15 Å². The molecule has 0 aliphatic rings. The van der Waals surface area contributed by atoms with Gasteiger partial charge >= 0.3 is 0 Å². The van der Waals surface area contributed by atoms with Crippen molar-refractivity contribution >= 4 is 28.6 Å². The topological polar surface area (TPSA) is 69.6 Å². The number of rotatable bonds is 0. The summed E-state index contributed by atoms with van der Waals surface area (Å²) in [5, 5.41) is 5.09. The van der Waals surface area contributed by atoms with Gasteiger partial charge in [0.15, 0.2) is 5.65 Å². The van der Waals surface area contributed by atoms with Gasteiger partial charge < -0.3 is 5.73 Å². The number of hydrogen-bond acceptors (Lipinski definition) is 4. The van der Waals surface area contributed by atoms with Crippen LogP contribution in [0.15, 0.2) is 6.20 Å². The van der Waals surface area contributed by atoms with E-state index in [1.165, 1.54) is 0 Å². The highest BCUT2D eigenvalue weighted by Gasteiger charge is 2.06. The van der Waals surface area contributed by atoms with Crippen molar-refractivity contribution in [1.29, 1.82) is 0 Å². The van der Waals surface area contributed by atoms with Crippen LogP contribution < -0.4 is 5.73 Å². The minimum absolute atomic E-state index is 0.145. The van der Waals surface area contributed by atoms with Gasteiger partial charge in [-0.1, -0.05) is 11.6 Å². The molecule has 2 aromatic heterocycles. The fraction of sp³-hybridized carbons (Fsp3) is 0.167. The summed E-state index contributed by atoms with van der Waals surface area (Å²) >= 11 is 5.79. The first-order valence-electron chi connectivity index (χ1n) is 3.29. The van der Waals surface area contributed by atoms with Gasteiger partial charge in [0, 0.05) is 13.2 Å². The Balaban J connectivity index is 2.88. The number of aryl methyl sites for hydroxylation is 1. The first-order chi connectivity index (χ1) is 5.66. The quantitative estimate of drug-likeness (QED) is 0.608. The lowest BCUT2D eigenvalue weighted by atomic mass is 10.4. The van der Waals surface area contributed by atoms with E-state index in [-0.39, 0.29) is 5.95 Å². The van der Waals surface area contributed by atoms with Crippen LogP contribution in [-0.2, 0) is 7.05 Å². The lowest BCUT2D eigenvalue weighted by molar-refractivity contribution is 0.776. The van der Waals surface area contributed by atoms with Gasteiger partial charge in [0.1, 0.15) is 5.15 Å². The molecule has 0 saturated heterocycles. The average molecular weight is 184 g/mol. The molecule has 5 nitrogen and oxygen atoms in total. The van der Waals surface area contributed by atoms with Crippen molar-refractivity contribution in [3.05, 3.63) is 11.3 Å². The highest BCUT2D eigenvalue weighted by molar-refractivity contribution is 6.34. The molecule has 0 amide bonds. The molecule has 2 aromatic rings. The molecule has 6 heteroatoms. The average Bonchev–Trinajstić information content (AvgIpc) is 2.29. The molecule has 2 rings (SSSR count). The van der Waals surface area contributed by atoms with Crippen molar-refractivity contribution in [3.8, 4) is 0 Å². The standard InChI is InChI=1S/C6H6ClN5/c1-12-2-3-4(7)9-6(8)10-5(3)11-12/h2H,1H3,(H2,8,10,11). The number of fused-ring (bicyclic) bond motifs is 1. The molecule has 2 N–H and O–H groups in total. The maximum Gasteiger partial charge on any atom is 0.223 e. The molecule has 0 atom stereocenters. The minimum Gasteiger partial charge on any atom is -0.368 e. The fourth-order valence-corrected chi connectivity index (χ4v) is 1.22. The van der Waals surface area contributed by atoms with Crippen molar-refractivity contribution in [2.45, 2.75) is 0 Å². The lowest BCUT2D eigenvalue weighted by Crippen LogP contribution is -1.95. The molecular weight excluding hydrogens is 178 g/mol. The largest absolute Gasteiger partial charge is 0.368 e. The third kappa shape index (κ3) is 0.984. The third-order valence-electron chi connectivity index (χ3n) is 1.46. The van der Waals surface area contributed by atoms with Gasteiger partial charge in [-0.25, -0.2) is 4.98 Å². The second-order valence-electron chi connectivity index (χ2n) is 2.41. The predicted molar refractivity (Wildman–Crippen MR) is 45.7 cm³/mol. The Bertz CT molecular complexity index is 435. The van der Waals surface area contributed by atoms with Gasteiger partial charge in [-0.2, -0.15) is 10.1 Å². The van der Waals surface area contributed by atoms with Crippen LogP contribution >= 0.6 is 11.6 Å². The van der Waals surface area contributed by atoms with Crippen molar-refractivity contribution in [3.63, 3.8) is 0 Å². The molecule has 12 heavy (non-hydrogen) atoms. The number of nitrogens with two attached hydrogens (primary N) is 1. The van der Waals surface area contributed by atoms with E-state index in [4.69, 9.17) is 17.3 Å². The Labute approximate surface area is 73.2 Å². The van der Waals surface area contributed by atoms with Crippen LogP contribution in [0.1, 0.15) is 0 Å². The molecular formula is C6H6ClN5. The van der Waals surface area contributed by atoms with Crippen molar-refractivity contribution < 1.29 is 0 Å². The first-order valence-corrected chi connectivity index (χ1v) is 3.67. The lowest BCUT2D eigenvalue weighted by Gasteiger charge is -1.91. The van der Waals surface area contributed by atoms with Gasteiger partial charge in [-0.05, 0) is 0 Å². The zero-order chi connectivity index (χ0) is 8.72. The van der Waals surface area contributed by atoms with E-state index in [1.54, 1.807) is 17.9 Å². The Morgan fingerprint density at radius 2 is 2.25 bits per heavy atom. The Kier molecular flexibility index (Phi) is 1.41. The van der Waals surface area contributed by atoms with Crippen molar-refractivity contribution in [2.24, 2.45) is 7.05 Å². The Hall–Kier alpha value is -1.36. The van der Waals surface area contributed by atoms with Crippen molar-refractivity contribution in [2.75, 3.05) is 5.73 Å². The monoisotopic (exact) mass is 183 g/mol. The number of aromatic nitrogens is 4. The second-order valence-corrected chi connectivity index (χ2v) is 2.77. The van der Waals surface area contributed by atoms with Crippen LogP contribution in [0, 0.1) is 0 Å². The smallest absolute Gasteiger partial charge is 0.223 e. The highest BCUT2D eigenvalue weighted by atomic mass is 35.5. The number of nitrogen functional groups attached to an aromatic ring is 1. The maximum absolute atomic E-state index is 5.79. The maximum atomic E-state index is 5.79. The molecule has 0 unspecified atom stereocenters. The van der Waals surface area contributed by atoms with Crippen molar-refractivity contribution in [1.82, 2.24) is 19.7 Å². The molecule has 0 bridgehead atoms. The minimum atomic E-state index is 0.145. The van der Waals surface area contributed by atoms with E-state index in [0.29, 0.717) is 16.2 Å². The molecule has 0 saturated carbocycles. The Morgan fingerprint density at radius 1 is 1.50 bits per heavy atom. The molecule has 62 valence electrons. The normalized spacial score (nSPS) is 10.8. The molecule has 0 aromatic carbocycles. The van der Waals surface area contributed by atoms with E-state index >= 15 is 0 Å². The molecule has 0 spiro atoms. The van der Waals surface area contributed by atoms with Crippen LogP contribution in [-0.4, -0.2) is 19.7 Å². The number of nitrogens with zero attached hydrogens (tertiary/aromatic N) is 4. The van der Waals surface area contributed by atoms with E-state index < -0.39 is 0 Å². The van der Waals surface area contributed by atoms with Gasteiger partial charge in [-0.15, -0.1) is 0 Å². The highest BCUT2D eigenvalue weighted by Crippen LogP contribution is 2.18. The fourth-order valence-electron chi connectivity index (χ4n) is 0.999. The van der Waals surface area contributed by atoms with Gasteiger partial charge in [-0.3, -0.25) is 4.68 Å². The van der Waals surface area contributed by atoms with E-state index in [0.717, 1.165) is 0 Å². The summed E-state index contributed by atoms with van der Waals surface area (Å²) in [6.45, 7) is 0. The third-order valence-corrected chi connectivity index (χ3v) is 1.75. The molecule has 0 aliphatic carbocycles. The molecule has 2 heterocycles. The van der Waals surface area contributed by atoms with Gasteiger partial charge in [0.05, 0.1) is 5.39 Å². The van der Waals surface area contributed by atoms with Crippen LogP contribution in [0.3, 0.4) is 0 Å².